The molecule has 1 aromatic heterocycles. The summed E-state index contributed by atoms with van der Waals surface area (Å²) in [6, 6.07) is 15.9. The van der Waals surface area contributed by atoms with Gasteiger partial charge in [0.25, 0.3) is 0 Å². The third-order valence-electron chi connectivity index (χ3n) is 5.66. The maximum Gasteiger partial charge on any atom is 0.408 e. The van der Waals surface area contributed by atoms with E-state index in [9.17, 15) is 23.1 Å². The molecular formula is C28H35N3O6S2. The van der Waals surface area contributed by atoms with Crippen molar-refractivity contribution in [2.75, 3.05) is 5.75 Å². The van der Waals surface area contributed by atoms with Gasteiger partial charge in [0.15, 0.2) is 9.84 Å². The average Bonchev–Trinajstić information content (AvgIpc) is 3.40. The molecule has 0 spiro atoms. The van der Waals surface area contributed by atoms with E-state index in [4.69, 9.17) is 4.74 Å². The lowest BCUT2D eigenvalue weighted by Crippen LogP contribution is -2.54. The van der Waals surface area contributed by atoms with Gasteiger partial charge in [0.05, 0.1) is 17.5 Å². The quantitative estimate of drug-likeness (QED) is 0.300. The van der Waals surface area contributed by atoms with E-state index >= 15 is 0 Å². The minimum atomic E-state index is -3.83. The summed E-state index contributed by atoms with van der Waals surface area (Å²) in [5, 5.41) is 18.4. The van der Waals surface area contributed by atoms with Crippen molar-refractivity contribution in [2.24, 2.45) is 0 Å². The molecule has 0 bridgehead atoms. The molecule has 0 radical (unpaired) electrons. The third kappa shape index (κ3) is 10.4. The summed E-state index contributed by atoms with van der Waals surface area (Å²) >= 11 is 1.25. The molecule has 2 amide bonds. The van der Waals surface area contributed by atoms with E-state index in [-0.39, 0.29) is 5.75 Å². The van der Waals surface area contributed by atoms with Gasteiger partial charge in [0.1, 0.15) is 22.8 Å². The Bertz CT molecular complexity index is 1290. The van der Waals surface area contributed by atoms with Crippen LogP contribution in [0.3, 0.4) is 0 Å². The highest BCUT2D eigenvalue weighted by Gasteiger charge is 2.33. The van der Waals surface area contributed by atoms with Gasteiger partial charge in [-0.1, -0.05) is 60.7 Å². The molecule has 1 heterocycles. The molecule has 3 atom stereocenters. The summed E-state index contributed by atoms with van der Waals surface area (Å²) in [7, 11) is -3.83. The van der Waals surface area contributed by atoms with Gasteiger partial charge in [-0.3, -0.25) is 4.79 Å². The van der Waals surface area contributed by atoms with Crippen LogP contribution in [0.1, 0.15) is 49.4 Å². The summed E-state index contributed by atoms with van der Waals surface area (Å²) in [5.41, 5.74) is 0.721. The zero-order valence-electron chi connectivity index (χ0n) is 22.2. The number of nitrogens with zero attached hydrogens (tertiary/aromatic N) is 1. The zero-order valence-corrected chi connectivity index (χ0v) is 23.9. The van der Waals surface area contributed by atoms with Gasteiger partial charge in [-0.05, 0) is 44.7 Å². The van der Waals surface area contributed by atoms with Gasteiger partial charge in [0, 0.05) is 11.6 Å². The predicted molar refractivity (Wildman–Crippen MR) is 151 cm³/mol. The Hall–Kier alpha value is -3.28. The topological polar surface area (TPSA) is 135 Å². The van der Waals surface area contributed by atoms with E-state index < -0.39 is 51.4 Å². The molecular weight excluding hydrogens is 538 g/mol. The Morgan fingerprint density at radius 3 is 2.18 bits per heavy atom. The van der Waals surface area contributed by atoms with Crippen LogP contribution in [-0.4, -0.2) is 53.9 Å². The number of aryl methyl sites for hydroxylation is 1. The molecule has 3 N–H and O–H groups in total. The number of aromatic nitrogens is 1. The van der Waals surface area contributed by atoms with Gasteiger partial charge >= 0.3 is 6.09 Å². The van der Waals surface area contributed by atoms with E-state index in [0.29, 0.717) is 23.4 Å². The van der Waals surface area contributed by atoms with Crippen LogP contribution in [-0.2, 0) is 31.5 Å². The number of carbonyl (C=O) groups excluding carboxylic acids is 2. The molecule has 2 unspecified atom stereocenters. The SMILES string of the molecule is CC(C)(C)OC(=O)N[C@@H](CS(=O)(=O)Cc1ccccc1)C(=O)NC(CCc1ccccc1)C(O)c1nccs1. The molecule has 3 aromatic rings. The first-order valence-electron chi connectivity index (χ1n) is 12.6. The number of hydrogen-bond acceptors (Lipinski definition) is 8. The first-order valence-corrected chi connectivity index (χ1v) is 15.3. The van der Waals surface area contributed by atoms with Crippen molar-refractivity contribution in [3.8, 4) is 0 Å². The fraction of sp³-hybridized carbons (Fsp3) is 0.393. The van der Waals surface area contributed by atoms with Gasteiger partial charge in [0.2, 0.25) is 5.91 Å². The smallest absolute Gasteiger partial charge is 0.408 e. The lowest BCUT2D eigenvalue weighted by molar-refractivity contribution is -0.124. The van der Waals surface area contributed by atoms with Crippen LogP contribution >= 0.6 is 11.3 Å². The van der Waals surface area contributed by atoms with Crippen molar-refractivity contribution in [2.45, 2.75) is 63.2 Å². The van der Waals surface area contributed by atoms with Crippen LogP contribution in [0.15, 0.2) is 72.2 Å². The van der Waals surface area contributed by atoms with Crippen LogP contribution in [0.2, 0.25) is 0 Å². The second-order valence-electron chi connectivity index (χ2n) is 10.2. The van der Waals surface area contributed by atoms with Crippen molar-refractivity contribution in [3.05, 3.63) is 88.4 Å². The van der Waals surface area contributed by atoms with Crippen LogP contribution in [0, 0.1) is 0 Å². The molecule has 39 heavy (non-hydrogen) atoms. The normalized spacial score (nSPS) is 14.2. The predicted octanol–water partition coefficient (Wildman–Crippen LogP) is 3.80. The zero-order chi connectivity index (χ0) is 28.5. The number of carbonyl (C=O) groups is 2. The fourth-order valence-corrected chi connectivity index (χ4v) is 6.13. The summed E-state index contributed by atoms with van der Waals surface area (Å²) in [5.74, 6) is -1.69. The number of nitrogens with one attached hydrogen (secondary N) is 2. The highest BCUT2D eigenvalue weighted by atomic mass is 32.2. The third-order valence-corrected chi connectivity index (χ3v) is 8.12. The molecule has 0 aliphatic rings. The van der Waals surface area contributed by atoms with E-state index in [1.807, 2.05) is 30.3 Å². The number of sulfone groups is 1. The van der Waals surface area contributed by atoms with Crippen molar-refractivity contribution >= 4 is 33.2 Å². The number of thiazole rings is 1. The maximum absolute atomic E-state index is 13.5. The van der Waals surface area contributed by atoms with Crippen LogP contribution < -0.4 is 10.6 Å². The summed E-state index contributed by atoms with van der Waals surface area (Å²) in [6.07, 6.45) is 0.416. The summed E-state index contributed by atoms with van der Waals surface area (Å²) in [6.45, 7) is 4.99. The molecule has 0 saturated heterocycles. The number of hydrogen-bond donors (Lipinski definition) is 3. The molecule has 2 aromatic carbocycles. The van der Waals surface area contributed by atoms with E-state index in [1.54, 1.807) is 62.7 Å². The van der Waals surface area contributed by atoms with E-state index in [0.717, 1.165) is 5.56 Å². The van der Waals surface area contributed by atoms with Crippen LogP contribution in [0.25, 0.3) is 0 Å². The Kier molecular flexibility index (Phi) is 10.6. The van der Waals surface area contributed by atoms with Gasteiger partial charge in [-0.25, -0.2) is 18.2 Å². The molecule has 0 saturated carbocycles. The Balaban J connectivity index is 1.81. The largest absolute Gasteiger partial charge is 0.444 e. The summed E-state index contributed by atoms with van der Waals surface area (Å²) in [4.78, 5) is 30.2. The van der Waals surface area contributed by atoms with Crippen LogP contribution in [0.4, 0.5) is 4.79 Å². The Morgan fingerprint density at radius 1 is 1.00 bits per heavy atom. The molecule has 0 aliphatic carbocycles. The molecule has 210 valence electrons. The summed E-state index contributed by atoms with van der Waals surface area (Å²) < 4.78 is 31.4. The number of aliphatic hydroxyl groups is 1. The molecule has 0 aliphatic heterocycles. The van der Waals surface area contributed by atoms with E-state index in [2.05, 4.69) is 15.6 Å². The van der Waals surface area contributed by atoms with Crippen molar-refractivity contribution < 1.29 is 27.9 Å². The number of rotatable bonds is 12. The Labute approximate surface area is 233 Å². The van der Waals surface area contributed by atoms with Crippen molar-refractivity contribution in [1.82, 2.24) is 15.6 Å². The van der Waals surface area contributed by atoms with E-state index in [1.165, 1.54) is 11.3 Å². The highest BCUT2D eigenvalue weighted by Crippen LogP contribution is 2.23. The number of alkyl carbamates (subject to hydrolysis) is 1. The molecule has 11 heteroatoms. The van der Waals surface area contributed by atoms with Gasteiger partial charge in [-0.15, -0.1) is 11.3 Å². The fourth-order valence-electron chi connectivity index (χ4n) is 3.89. The second-order valence-corrected chi connectivity index (χ2v) is 13.2. The first-order chi connectivity index (χ1) is 18.4. The Morgan fingerprint density at radius 2 is 1.62 bits per heavy atom. The first kappa shape index (κ1) is 30.3. The van der Waals surface area contributed by atoms with Crippen molar-refractivity contribution in [3.63, 3.8) is 0 Å². The maximum atomic E-state index is 13.5. The molecule has 3 rings (SSSR count). The lowest BCUT2D eigenvalue weighted by Gasteiger charge is -2.27. The monoisotopic (exact) mass is 573 g/mol. The average molecular weight is 574 g/mol. The minimum Gasteiger partial charge on any atom is -0.444 e. The van der Waals surface area contributed by atoms with Gasteiger partial charge < -0.3 is 20.5 Å². The molecule has 0 fully saturated rings. The number of benzene rings is 2. The standard InChI is InChI=1S/C28H35N3O6S2/c1-28(2,3)37-27(34)31-23(19-39(35,36)18-21-12-8-5-9-13-21)25(33)30-22(24(32)26-29-16-17-38-26)15-14-20-10-6-4-7-11-20/h4-13,16-17,22-24,32H,14-15,18-19H2,1-3H3,(H,30,33)(H,31,34)/t22?,23-,24?/m0/s1. The number of ether oxygens (including phenoxy) is 1. The minimum absolute atomic E-state index is 0.299. The van der Waals surface area contributed by atoms with Crippen molar-refractivity contribution in [1.29, 1.82) is 0 Å². The molecule has 9 nitrogen and oxygen atoms in total. The number of amides is 2. The number of aliphatic hydroxyl groups excluding tert-OH is 1. The second kappa shape index (κ2) is 13.7. The highest BCUT2D eigenvalue weighted by molar-refractivity contribution is 7.90. The van der Waals surface area contributed by atoms with Gasteiger partial charge in [-0.2, -0.15) is 0 Å². The van der Waals surface area contributed by atoms with Crippen LogP contribution in [0.5, 0.6) is 0 Å². The lowest BCUT2D eigenvalue weighted by atomic mass is 10.0.